The molecule has 1 aliphatic carbocycles. The molecule has 68 valence electrons. The molecule has 3 nitrogen and oxygen atoms in total. The van der Waals surface area contributed by atoms with Crippen molar-refractivity contribution in [2.24, 2.45) is 0 Å². The zero-order chi connectivity index (χ0) is 8.73. The smallest absolute Gasteiger partial charge is 0.0681 e. The van der Waals surface area contributed by atoms with Gasteiger partial charge in [0.15, 0.2) is 0 Å². The van der Waals surface area contributed by atoms with Gasteiger partial charge < -0.3 is 5.32 Å². The molecule has 2 aliphatic rings. The van der Waals surface area contributed by atoms with Crippen LogP contribution in [0.15, 0.2) is 18.3 Å². The minimum atomic E-state index is 0.413. The normalized spacial score (nSPS) is 36.8. The fourth-order valence-corrected chi connectivity index (χ4v) is 2.49. The third-order valence-corrected chi connectivity index (χ3v) is 3.30. The van der Waals surface area contributed by atoms with E-state index in [1.807, 2.05) is 6.07 Å². The van der Waals surface area contributed by atoms with E-state index in [-0.39, 0.29) is 0 Å². The second-order valence-corrected chi connectivity index (χ2v) is 4.09. The fourth-order valence-electron chi connectivity index (χ4n) is 2.49. The SMILES string of the molecule is c1cnnc(C2CC23CCCN3)c1. The topological polar surface area (TPSA) is 37.8 Å². The Bertz CT molecular complexity index is 303. The molecular formula is C10H13N3. The number of hydrogen-bond acceptors (Lipinski definition) is 3. The Kier molecular flexibility index (Phi) is 1.44. The average molecular weight is 175 g/mol. The Labute approximate surface area is 77.6 Å². The molecule has 1 aromatic rings. The van der Waals surface area contributed by atoms with Crippen LogP contribution in [0.4, 0.5) is 0 Å². The molecule has 0 amide bonds. The molecule has 2 atom stereocenters. The monoisotopic (exact) mass is 175 g/mol. The predicted octanol–water partition coefficient (Wildman–Crippen LogP) is 1.09. The third kappa shape index (κ3) is 1.07. The standard InChI is InChI=1S/C10H13N3/c1-3-9(13-12-6-1)8-7-10(8)4-2-5-11-10/h1,3,6,8,11H,2,4-5,7H2. The fraction of sp³-hybridized carbons (Fsp3) is 0.600. The van der Waals surface area contributed by atoms with Gasteiger partial charge in [-0.15, -0.1) is 0 Å². The number of nitrogens with zero attached hydrogens (tertiary/aromatic N) is 2. The first kappa shape index (κ1) is 7.44. The Morgan fingerprint density at radius 1 is 1.54 bits per heavy atom. The Balaban J connectivity index is 1.83. The van der Waals surface area contributed by atoms with E-state index in [0.29, 0.717) is 11.5 Å². The van der Waals surface area contributed by atoms with E-state index < -0.39 is 0 Å². The minimum absolute atomic E-state index is 0.413. The molecule has 2 heterocycles. The molecule has 0 radical (unpaired) electrons. The molecule has 1 saturated heterocycles. The molecule has 2 fully saturated rings. The maximum Gasteiger partial charge on any atom is 0.0681 e. The van der Waals surface area contributed by atoms with E-state index in [4.69, 9.17) is 0 Å². The lowest BCUT2D eigenvalue weighted by Crippen LogP contribution is -2.25. The highest BCUT2D eigenvalue weighted by atomic mass is 15.1. The van der Waals surface area contributed by atoms with Crippen molar-refractivity contribution in [1.29, 1.82) is 0 Å². The lowest BCUT2D eigenvalue weighted by molar-refractivity contribution is 0.573. The van der Waals surface area contributed by atoms with Gasteiger partial charge in [0, 0.05) is 17.7 Å². The van der Waals surface area contributed by atoms with Crippen LogP contribution in [0, 0.1) is 0 Å². The Hall–Kier alpha value is -0.960. The molecule has 3 rings (SSSR count). The number of hydrogen-bond donors (Lipinski definition) is 1. The van der Waals surface area contributed by atoms with Gasteiger partial charge >= 0.3 is 0 Å². The quantitative estimate of drug-likeness (QED) is 0.694. The summed E-state index contributed by atoms with van der Waals surface area (Å²) in [5.41, 5.74) is 1.58. The van der Waals surface area contributed by atoms with Crippen molar-refractivity contribution in [2.75, 3.05) is 6.54 Å². The molecule has 3 heteroatoms. The van der Waals surface area contributed by atoms with Crippen LogP contribution in [-0.4, -0.2) is 22.3 Å². The van der Waals surface area contributed by atoms with E-state index >= 15 is 0 Å². The molecule has 0 bridgehead atoms. The van der Waals surface area contributed by atoms with Crippen LogP contribution < -0.4 is 5.32 Å². The number of aromatic nitrogens is 2. The van der Waals surface area contributed by atoms with Gasteiger partial charge in [0.05, 0.1) is 5.69 Å². The first-order valence-corrected chi connectivity index (χ1v) is 4.93. The number of nitrogens with one attached hydrogen (secondary N) is 1. The van der Waals surface area contributed by atoms with E-state index in [0.717, 1.165) is 5.69 Å². The van der Waals surface area contributed by atoms with Crippen LogP contribution in [-0.2, 0) is 0 Å². The van der Waals surface area contributed by atoms with Crippen LogP contribution in [0.1, 0.15) is 30.9 Å². The van der Waals surface area contributed by atoms with Crippen molar-refractivity contribution >= 4 is 0 Å². The largest absolute Gasteiger partial charge is 0.311 e. The molecule has 1 saturated carbocycles. The van der Waals surface area contributed by atoms with Crippen molar-refractivity contribution in [3.8, 4) is 0 Å². The van der Waals surface area contributed by atoms with Crippen LogP contribution >= 0.6 is 0 Å². The summed E-state index contributed by atoms with van der Waals surface area (Å²) in [7, 11) is 0. The highest BCUT2D eigenvalue weighted by molar-refractivity contribution is 5.28. The molecule has 1 aromatic heterocycles. The molecule has 0 aromatic carbocycles. The molecular weight excluding hydrogens is 162 g/mol. The summed E-state index contributed by atoms with van der Waals surface area (Å²) in [5.74, 6) is 0.628. The summed E-state index contributed by atoms with van der Waals surface area (Å²) in [6.07, 6.45) is 5.62. The first-order chi connectivity index (χ1) is 6.41. The first-order valence-electron chi connectivity index (χ1n) is 4.93. The zero-order valence-electron chi connectivity index (χ0n) is 7.53. The Morgan fingerprint density at radius 3 is 3.23 bits per heavy atom. The van der Waals surface area contributed by atoms with Gasteiger partial charge in [0.2, 0.25) is 0 Å². The summed E-state index contributed by atoms with van der Waals surface area (Å²) < 4.78 is 0. The maximum absolute atomic E-state index is 4.17. The van der Waals surface area contributed by atoms with Crippen molar-refractivity contribution in [3.05, 3.63) is 24.0 Å². The van der Waals surface area contributed by atoms with Crippen molar-refractivity contribution in [1.82, 2.24) is 15.5 Å². The van der Waals surface area contributed by atoms with Gasteiger partial charge in [-0.3, -0.25) is 0 Å². The molecule has 1 N–H and O–H groups in total. The van der Waals surface area contributed by atoms with Gasteiger partial charge in [-0.2, -0.15) is 10.2 Å². The summed E-state index contributed by atoms with van der Waals surface area (Å²) in [6.45, 7) is 1.18. The lowest BCUT2D eigenvalue weighted by atomic mass is 10.1. The van der Waals surface area contributed by atoms with Crippen molar-refractivity contribution in [2.45, 2.75) is 30.7 Å². The van der Waals surface area contributed by atoms with Crippen molar-refractivity contribution in [3.63, 3.8) is 0 Å². The van der Waals surface area contributed by atoms with Crippen LogP contribution in [0.25, 0.3) is 0 Å². The van der Waals surface area contributed by atoms with E-state index in [1.165, 1.54) is 25.8 Å². The molecule has 1 spiro atoms. The van der Waals surface area contributed by atoms with Crippen LogP contribution in [0.3, 0.4) is 0 Å². The van der Waals surface area contributed by atoms with Gasteiger partial charge in [-0.1, -0.05) is 0 Å². The van der Waals surface area contributed by atoms with Gasteiger partial charge in [-0.05, 0) is 37.9 Å². The molecule has 13 heavy (non-hydrogen) atoms. The number of rotatable bonds is 1. The second kappa shape index (κ2) is 2.51. The summed E-state index contributed by atoms with van der Waals surface area (Å²) >= 11 is 0. The van der Waals surface area contributed by atoms with E-state index in [1.54, 1.807) is 6.20 Å². The van der Waals surface area contributed by atoms with E-state index in [2.05, 4.69) is 21.6 Å². The van der Waals surface area contributed by atoms with Crippen LogP contribution in [0.2, 0.25) is 0 Å². The summed E-state index contributed by atoms with van der Waals surface area (Å²) in [4.78, 5) is 0. The highest BCUT2D eigenvalue weighted by Gasteiger charge is 2.56. The van der Waals surface area contributed by atoms with Gasteiger partial charge in [0.1, 0.15) is 0 Å². The second-order valence-electron chi connectivity index (χ2n) is 4.09. The predicted molar refractivity (Wildman–Crippen MR) is 49.4 cm³/mol. The molecule has 1 aliphatic heterocycles. The van der Waals surface area contributed by atoms with Gasteiger partial charge in [0.25, 0.3) is 0 Å². The summed E-state index contributed by atoms with van der Waals surface area (Å²) in [6, 6.07) is 4.07. The summed E-state index contributed by atoms with van der Waals surface area (Å²) in [5, 5.41) is 11.7. The van der Waals surface area contributed by atoms with E-state index in [9.17, 15) is 0 Å². The average Bonchev–Trinajstić information content (AvgIpc) is 2.66. The third-order valence-electron chi connectivity index (χ3n) is 3.30. The van der Waals surface area contributed by atoms with Crippen LogP contribution in [0.5, 0.6) is 0 Å². The highest BCUT2D eigenvalue weighted by Crippen LogP contribution is 2.55. The zero-order valence-corrected chi connectivity index (χ0v) is 7.53. The molecule has 2 unspecified atom stereocenters. The van der Waals surface area contributed by atoms with Gasteiger partial charge in [-0.25, -0.2) is 0 Å². The maximum atomic E-state index is 4.17. The minimum Gasteiger partial charge on any atom is -0.311 e. The lowest BCUT2D eigenvalue weighted by Gasteiger charge is -2.07. The van der Waals surface area contributed by atoms with Crippen molar-refractivity contribution < 1.29 is 0 Å². The Morgan fingerprint density at radius 2 is 2.54 bits per heavy atom.